The van der Waals surface area contributed by atoms with Gasteiger partial charge in [-0.05, 0) is 68.3 Å². The molecule has 0 saturated carbocycles. The van der Waals surface area contributed by atoms with Gasteiger partial charge < -0.3 is 29.4 Å². The second kappa shape index (κ2) is 30.1. The van der Waals surface area contributed by atoms with Crippen molar-refractivity contribution in [2.45, 2.75) is 13.8 Å². The Hall–Kier alpha value is -0.331. The Morgan fingerprint density at radius 2 is 0.515 bits per heavy atom. The Labute approximate surface area is 435 Å². The molecular formula is C50H90CuIN14P2. The van der Waals surface area contributed by atoms with Gasteiger partial charge in [0.15, 0.2) is 0 Å². The van der Waals surface area contributed by atoms with Crippen molar-refractivity contribution < 1.29 is 12.8 Å². The van der Waals surface area contributed by atoms with Gasteiger partial charge in [0.25, 0.3) is 0 Å². The molecule has 388 valence electrons. The van der Waals surface area contributed by atoms with Crippen molar-refractivity contribution >= 4 is 58.0 Å². The van der Waals surface area contributed by atoms with Gasteiger partial charge in [0, 0.05) is 217 Å². The quantitative estimate of drug-likeness (QED) is 0.111. The average molecular weight is 1140 g/mol. The van der Waals surface area contributed by atoms with E-state index in [0.717, 1.165) is 33.2 Å². The number of benzene rings is 1. The number of halogens is 1. The van der Waals surface area contributed by atoms with Crippen molar-refractivity contribution in [2.24, 2.45) is 0 Å². The summed E-state index contributed by atoms with van der Waals surface area (Å²) in [5, 5.41) is 2.30. The molecule has 0 unspecified atom stereocenters. The van der Waals surface area contributed by atoms with Crippen LogP contribution in [0.1, 0.15) is 11.4 Å². The first-order valence-electron chi connectivity index (χ1n) is 25.6. The fraction of sp³-hybridized carbons (Fsp3) is 0.760. The van der Waals surface area contributed by atoms with E-state index in [1.54, 1.807) is 20.3 Å². The molecule has 18 heteroatoms. The van der Waals surface area contributed by atoms with Gasteiger partial charge in [-0.2, -0.15) is 0 Å². The molecule has 0 amide bonds. The molecule has 0 aliphatic carbocycles. The van der Waals surface area contributed by atoms with Gasteiger partial charge in [0.05, 0.1) is 11.0 Å². The summed E-state index contributed by atoms with van der Waals surface area (Å²) in [6.07, 6.45) is 8.09. The number of likely N-dealkylation sites (N-methyl/N-ethyl adjacent to an activating group) is 6. The molecule has 8 heterocycles. The molecule has 6 saturated heterocycles. The van der Waals surface area contributed by atoms with Crippen LogP contribution in [-0.2, 0) is 12.8 Å². The molecule has 0 N–H and O–H groups in total. The van der Waals surface area contributed by atoms with E-state index in [9.17, 15) is 0 Å². The fourth-order valence-corrected chi connectivity index (χ4v) is 15.5. The second-order valence-corrected chi connectivity index (χ2v) is 25.2. The van der Waals surface area contributed by atoms with E-state index >= 15 is 0 Å². The topological polar surface area (TPSA) is 64.7 Å². The fourth-order valence-electron chi connectivity index (χ4n) is 9.86. The molecule has 0 bridgehead atoms. The van der Waals surface area contributed by atoms with E-state index < -0.39 is 0 Å². The summed E-state index contributed by atoms with van der Waals surface area (Å²) >= 11 is 5.87. The molecule has 2 aromatic heterocycles. The minimum absolute atomic E-state index is 0.0502. The van der Waals surface area contributed by atoms with Gasteiger partial charge in [-0.25, -0.2) is 0 Å². The van der Waals surface area contributed by atoms with Gasteiger partial charge in [-0.1, -0.05) is 40.1 Å². The molecule has 14 nitrogen and oxygen atoms in total. The third kappa shape index (κ3) is 19.5. The molecule has 0 atom stereocenters. The third-order valence-electron chi connectivity index (χ3n) is 14.8. The Balaban J connectivity index is 0.000000169. The van der Waals surface area contributed by atoms with Crippen molar-refractivity contribution in [1.82, 2.24) is 68.8 Å². The van der Waals surface area contributed by atoms with E-state index in [-0.39, 0.29) is 15.8 Å². The number of pyridine rings is 2. The number of rotatable bonds is 12. The first-order chi connectivity index (χ1) is 32.9. The van der Waals surface area contributed by atoms with Crippen molar-refractivity contribution in [1.29, 1.82) is 0 Å². The molecule has 9 rings (SSSR count). The van der Waals surface area contributed by atoms with E-state index in [1.165, 1.54) is 195 Å². The van der Waals surface area contributed by atoms with Crippen LogP contribution < -0.4 is 0 Å². The average Bonchev–Trinajstić information content (AvgIpc) is 3.34. The van der Waals surface area contributed by atoms with Crippen LogP contribution in [0.2, 0.25) is 0 Å². The maximum absolute atomic E-state index is 4.58. The zero-order valence-electron chi connectivity index (χ0n) is 43.5. The van der Waals surface area contributed by atoms with Gasteiger partial charge >= 0.3 is 33.1 Å². The van der Waals surface area contributed by atoms with Crippen LogP contribution in [0, 0.1) is 13.8 Å². The Morgan fingerprint density at radius 3 is 0.706 bits per heavy atom. The molecule has 0 radical (unpaired) electrons. The van der Waals surface area contributed by atoms with Gasteiger partial charge in [-0.3, -0.25) is 39.4 Å². The van der Waals surface area contributed by atoms with Crippen LogP contribution in [-0.4, -0.2) is 306 Å². The van der Waals surface area contributed by atoms with E-state index in [0.29, 0.717) is 0 Å². The van der Waals surface area contributed by atoms with E-state index in [1.807, 2.05) is 26.0 Å². The van der Waals surface area contributed by atoms with Crippen molar-refractivity contribution in [3.63, 3.8) is 0 Å². The molecule has 3 aromatic rings. The number of aromatic nitrogens is 2. The SMILES string of the molecule is CN1CCN(CP(CN2CCN(C)CC2)CN2CCN(C)CC2)CC1.CN1CCN(CP(CN2CCN(C)CC2)CN2CCN(C)CC2)CC1.Cc1ccc2ccc3ccc(C)nc3c2n1.[Cu][I]. The monoisotopic (exact) mass is 1140 g/mol. The second-order valence-electron chi connectivity index (χ2n) is 20.8. The normalized spacial score (nSPS) is 22.8. The van der Waals surface area contributed by atoms with E-state index in [4.69, 9.17) is 0 Å². The molecule has 0 spiro atoms. The number of piperazine rings is 6. The standard InChI is InChI=1S/2C18H39N6P.C14H12N2.Cu.HI/c2*1-19-4-10-22(11-5-19)16-25(17-23-12-6-20(2)7-13-23)18-24-14-8-21(3)9-15-24;1-9-3-5-11-7-8-12-6-4-10(2)16-14(12)13(11)15-9;;/h2*4-18H2,1-3H3;3-8H,1-2H3;;1H/q;;;+1;/p-1. The van der Waals surface area contributed by atoms with Crippen LogP contribution in [0.3, 0.4) is 0 Å². The molecule has 6 fully saturated rings. The first kappa shape index (κ1) is 57.0. The van der Waals surface area contributed by atoms with Gasteiger partial charge in [0.1, 0.15) is 0 Å². The van der Waals surface area contributed by atoms with Crippen molar-refractivity contribution in [3.8, 4) is 0 Å². The summed E-state index contributed by atoms with van der Waals surface area (Å²) in [6, 6.07) is 12.5. The van der Waals surface area contributed by atoms with Crippen LogP contribution in [0.5, 0.6) is 0 Å². The Morgan fingerprint density at radius 1 is 0.338 bits per heavy atom. The molecule has 6 aliphatic rings. The summed E-state index contributed by atoms with van der Waals surface area (Å²) < 4.78 is 0. The summed E-state index contributed by atoms with van der Waals surface area (Å²) in [4.78, 5) is 40.5. The minimum atomic E-state index is 0.0502. The number of hydrogen-bond acceptors (Lipinski definition) is 14. The molecule has 6 aliphatic heterocycles. The third-order valence-corrected chi connectivity index (χ3v) is 19.6. The Bertz CT molecular complexity index is 1610. The summed E-state index contributed by atoms with van der Waals surface area (Å²) in [6.45, 7) is 34.1. The van der Waals surface area contributed by atoms with Crippen LogP contribution in [0.4, 0.5) is 0 Å². The first-order valence-corrected chi connectivity index (χ1v) is 32.4. The summed E-state index contributed by atoms with van der Waals surface area (Å²) in [5.41, 5.74) is 4.06. The summed E-state index contributed by atoms with van der Waals surface area (Å²) in [7, 11) is 13.7. The zero-order valence-corrected chi connectivity index (χ0v) is 48.4. The number of nitrogens with zero attached hydrogens (tertiary/aromatic N) is 14. The number of hydrogen-bond donors (Lipinski definition) is 0. The molecular weight excluding hydrogens is 1050 g/mol. The van der Waals surface area contributed by atoms with Crippen LogP contribution >= 0.6 is 36.2 Å². The predicted octanol–water partition coefficient (Wildman–Crippen LogP) is 4.45. The van der Waals surface area contributed by atoms with Crippen LogP contribution in [0.15, 0.2) is 36.4 Å². The van der Waals surface area contributed by atoms with Crippen LogP contribution in [0.25, 0.3) is 21.8 Å². The van der Waals surface area contributed by atoms with Gasteiger partial charge in [-0.15, -0.1) is 0 Å². The van der Waals surface area contributed by atoms with Gasteiger partial charge in [0.2, 0.25) is 0 Å². The van der Waals surface area contributed by atoms with Crippen molar-refractivity contribution in [3.05, 3.63) is 47.8 Å². The molecule has 1 aromatic carbocycles. The number of aryl methyl sites for hydroxylation is 2. The molecule has 68 heavy (non-hydrogen) atoms. The maximum atomic E-state index is 4.58. The van der Waals surface area contributed by atoms with E-state index in [2.05, 4.69) is 148 Å². The summed E-state index contributed by atoms with van der Waals surface area (Å²) in [5.74, 6) is 0. The number of fused-ring (bicyclic) bond motifs is 3. The van der Waals surface area contributed by atoms with Crippen molar-refractivity contribution in [2.75, 3.05) is 237 Å². The Kier molecular flexibility index (Phi) is 25.2. The zero-order chi connectivity index (χ0) is 48.4. The predicted molar refractivity (Wildman–Crippen MR) is 298 cm³/mol.